The number of hydrogen-bond acceptors (Lipinski definition) is 8. The van der Waals surface area contributed by atoms with Crippen LogP contribution in [0.3, 0.4) is 0 Å². The van der Waals surface area contributed by atoms with Crippen LogP contribution in [0.4, 0.5) is 14.6 Å². The lowest BCUT2D eigenvalue weighted by Gasteiger charge is -2.49. The first-order chi connectivity index (χ1) is 20.6. The fourth-order valence-corrected chi connectivity index (χ4v) is 7.06. The number of carbonyl (C=O) groups is 1. The van der Waals surface area contributed by atoms with Crippen LogP contribution in [0.25, 0.3) is 32.8 Å². The van der Waals surface area contributed by atoms with E-state index in [2.05, 4.69) is 25.1 Å². The number of phenolic OH excluding ortho intramolecular Hbond substituents is 1. The zero-order valence-electron chi connectivity index (χ0n) is 23.8. The average Bonchev–Trinajstić information content (AvgIpc) is 3.27. The molecule has 3 saturated heterocycles. The minimum Gasteiger partial charge on any atom is -0.508 e. The lowest BCUT2D eigenvalue weighted by atomic mass is 9.79. The van der Waals surface area contributed by atoms with Crippen LogP contribution in [0.15, 0.2) is 36.4 Å². The van der Waals surface area contributed by atoms with Gasteiger partial charge in [-0.2, -0.15) is 9.97 Å². The first-order valence-corrected chi connectivity index (χ1v) is 14.7. The summed E-state index contributed by atoms with van der Waals surface area (Å²) in [6, 6.07) is 9.07. The molecule has 0 aliphatic carbocycles. The monoisotopic (exact) mass is 608 g/mol. The molecular formula is C31H31ClF2N6O3. The number of anilines is 1. The van der Waals surface area contributed by atoms with Crippen molar-refractivity contribution < 1.29 is 23.4 Å². The summed E-state index contributed by atoms with van der Waals surface area (Å²) >= 11 is 6.51. The summed E-state index contributed by atoms with van der Waals surface area (Å²) in [5.74, 6) is -1.57. The molecule has 3 aromatic carbocycles. The maximum Gasteiger partial charge on any atom is 0.319 e. The summed E-state index contributed by atoms with van der Waals surface area (Å²) < 4.78 is 38.9. The number of amides is 1. The van der Waals surface area contributed by atoms with Gasteiger partial charge in [-0.25, -0.2) is 8.78 Å². The highest BCUT2D eigenvalue weighted by molar-refractivity contribution is 6.36. The molecule has 4 aromatic rings. The number of rotatable bonds is 5. The Morgan fingerprint density at radius 1 is 1.14 bits per heavy atom. The molecule has 2 N–H and O–H groups in total. The minimum atomic E-state index is -0.908. The number of aromatic hydroxyl groups is 1. The Hall–Kier alpha value is -3.80. The second-order valence-corrected chi connectivity index (χ2v) is 12.3. The van der Waals surface area contributed by atoms with Gasteiger partial charge in [0.15, 0.2) is 5.82 Å². The Balaban J connectivity index is 1.39. The quantitative estimate of drug-likeness (QED) is 0.319. The first-order valence-electron chi connectivity index (χ1n) is 14.3. The first kappa shape index (κ1) is 28.0. The smallest absolute Gasteiger partial charge is 0.319 e. The molecule has 1 atom stereocenters. The van der Waals surface area contributed by atoms with Crippen LogP contribution in [0.1, 0.15) is 19.3 Å². The van der Waals surface area contributed by atoms with E-state index in [9.17, 15) is 9.90 Å². The van der Waals surface area contributed by atoms with Crippen LogP contribution < -0.4 is 15.0 Å². The number of hydrogen-bond donors (Lipinski definition) is 2. The van der Waals surface area contributed by atoms with E-state index >= 15 is 8.78 Å². The van der Waals surface area contributed by atoms with Crippen molar-refractivity contribution in [2.24, 2.45) is 0 Å². The average molecular weight is 609 g/mol. The molecule has 0 saturated carbocycles. The van der Waals surface area contributed by atoms with Crippen LogP contribution in [0.5, 0.6) is 11.8 Å². The van der Waals surface area contributed by atoms with Crippen LogP contribution in [-0.2, 0) is 4.79 Å². The normalized spacial score (nSPS) is 21.6. The second-order valence-electron chi connectivity index (χ2n) is 11.9. The standard InChI is InChI=1S/C31H31ClF2N6O3/c1-38-9-10-39(2)24(38)15-43-30-35-28-20(29(36-30)40-8-4-7-31(16-40)14-23(42)37-31)13-22(33)26(27(28)34)19-12-18(41)11-17-5-3-6-21(32)25(17)19/h3,5-6,11-13,24,41H,4,7-10,14-16H2,1-2H3,(H,37,42). The summed E-state index contributed by atoms with van der Waals surface area (Å²) in [6.07, 6.45) is 1.98. The number of β-lactam (4-membered cyclic amide) rings is 1. The number of ether oxygens (including phenoxy) is 1. The molecular weight excluding hydrogens is 578 g/mol. The molecule has 3 aliphatic heterocycles. The minimum absolute atomic E-state index is 0.0121. The molecule has 43 heavy (non-hydrogen) atoms. The molecule has 1 spiro atoms. The summed E-state index contributed by atoms with van der Waals surface area (Å²) in [5.41, 5.74) is -0.737. The summed E-state index contributed by atoms with van der Waals surface area (Å²) in [4.78, 5) is 27.3. The SMILES string of the molecule is CN1CCN(C)C1COc1nc(N2CCCC3(CC(=O)N3)C2)c2cc(F)c(-c3cc(O)cc4cccc(Cl)c34)c(F)c2n1. The lowest BCUT2D eigenvalue weighted by molar-refractivity contribution is -0.133. The van der Waals surface area contributed by atoms with Gasteiger partial charge in [0.25, 0.3) is 0 Å². The predicted octanol–water partition coefficient (Wildman–Crippen LogP) is 4.53. The Morgan fingerprint density at radius 2 is 1.91 bits per heavy atom. The zero-order chi connectivity index (χ0) is 30.0. The maximum atomic E-state index is 16.7. The van der Waals surface area contributed by atoms with Gasteiger partial charge in [-0.15, -0.1) is 0 Å². The van der Waals surface area contributed by atoms with Crippen LogP contribution >= 0.6 is 11.6 Å². The maximum absolute atomic E-state index is 16.7. The van der Waals surface area contributed by atoms with Crippen molar-refractivity contribution >= 4 is 45.0 Å². The fourth-order valence-electron chi connectivity index (χ4n) is 6.77. The summed E-state index contributed by atoms with van der Waals surface area (Å²) in [5, 5.41) is 14.9. The number of halogens is 3. The predicted molar refractivity (Wildman–Crippen MR) is 161 cm³/mol. The largest absolute Gasteiger partial charge is 0.508 e. The van der Waals surface area contributed by atoms with E-state index < -0.39 is 17.2 Å². The van der Waals surface area contributed by atoms with Gasteiger partial charge < -0.3 is 20.1 Å². The molecule has 3 aliphatic rings. The van der Waals surface area contributed by atoms with Crippen molar-refractivity contribution in [1.82, 2.24) is 25.1 Å². The van der Waals surface area contributed by atoms with Crippen molar-refractivity contribution in [1.29, 1.82) is 0 Å². The van der Waals surface area contributed by atoms with E-state index in [4.69, 9.17) is 16.3 Å². The molecule has 12 heteroatoms. The molecule has 224 valence electrons. The van der Waals surface area contributed by atoms with Crippen LogP contribution in [0, 0.1) is 11.6 Å². The highest BCUT2D eigenvalue weighted by Crippen LogP contribution is 2.43. The fraction of sp³-hybridized carbons (Fsp3) is 0.387. The van der Waals surface area contributed by atoms with E-state index in [1.54, 1.807) is 18.2 Å². The van der Waals surface area contributed by atoms with E-state index in [1.807, 2.05) is 19.0 Å². The van der Waals surface area contributed by atoms with E-state index in [0.717, 1.165) is 25.9 Å². The number of nitrogens with zero attached hydrogens (tertiary/aromatic N) is 5. The van der Waals surface area contributed by atoms with Gasteiger partial charge in [-0.05, 0) is 56.6 Å². The summed E-state index contributed by atoms with van der Waals surface area (Å²) in [6.45, 7) is 3.06. The molecule has 0 radical (unpaired) electrons. The molecule has 9 nitrogen and oxygen atoms in total. The Kier molecular flexibility index (Phi) is 6.79. The molecule has 1 amide bonds. The molecule has 4 heterocycles. The van der Waals surface area contributed by atoms with Gasteiger partial charge >= 0.3 is 6.01 Å². The Bertz CT molecular complexity index is 1770. The number of likely N-dealkylation sites (N-methyl/N-ethyl adjacent to an activating group) is 2. The van der Waals surface area contributed by atoms with E-state index in [0.29, 0.717) is 41.1 Å². The van der Waals surface area contributed by atoms with Gasteiger partial charge in [0.1, 0.15) is 29.5 Å². The Morgan fingerprint density at radius 3 is 2.65 bits per heavy atom. The molecule has 1 unspecified atom stereocenters. The topological polar surface area (TPSA) is 94.1 Å². The third-order valence-corrected chi connectivity index (χ3v) is 9.30. The van der Waals surface area contributed by atoms with Crippen LogP contribution in [0.2, 0.25) is 5.02 Å². The van der Waals surface area contributed by atoms with Crippen molar-refractivity contribution in [3.63, 3.8) is 0 Å². The number of carbonyl (C=O) groups excluding carboxylic acids is 1. The van der Waals surface area contributed by atoms with Gasteiger partial charge in [-0.1, -0.05) is 23.7 Å². The number of aromatic nitrogens is 2. The molecule has 0 bridgehead atoms. The third-order valence-electron chi connectivity index (χ3n) is 8.99. The molecule has 1 aromatic heterocycles. The van der Waals surface area contributed by atoms with E-state index in [-0.39, 0.29) is 52.5 Å². The van der Waals surface area contributed by atoms with Crippen molar-refractivity contribution in [3.8, 4) is 22.9 Å². The van der Waals surface area contributed by atoms with E-state index in [1.165, 1.54) is 18.2 Å². The van der Waals surface area contributed by atoms with Gasteiger partial charge in [-0.3, -0.25) is 14.6 Å². The number of fused-ring (bicyclic) bond motifs is 2. The highest BCUT2D eigenvalue weighted by Gasteiger charge is 2.46. The number of benzene rings is 3. The van der Waals surface area contributed by atoms with Gasteiger partial charge in [0.05, 0.1) is 23.7 Å². The number of piperidine rings is 1. The van der Waals surface area contributed by atoms with Crippen molar-refractivity contribution in [2.75, 3.05) is 51.8 Å². The molecule has 7 rings (SSSR count). The lowest BCUT2D eigenvalue weighted by Crippen LogP contribution is -2.68. The second kappa shape index (κ2) is 10.4. The number of nitrogens with one attached hydrogen (secondary N) is 1. The van der Waals surface area contributed by atoms with Crippen LogP contribution in [-0.4, -0.2) is 89.4 Å². The molecule has 3 fully saturated rings. The number of phenols is 1. The van der Waals surface area contributed by atoms with Crippen molar-refractivity contribution in [2.45, 2.75) is 31.0 Å². The van der Waals surface area contributed by atoms with Gasteiger partial charge in [0, 0.05) is 47.5 Å². The van der Waals surface area contributed by atoms with Gasteiger partial charge in [0.2, 0.25) is 5.91 Å². The zero-order valence-corrected chi connectivity index (χ0v) is 24.6. The van der Waals surface area contributed by atoms with Crippen molar-refractivity contribution in [3.05, 3.63) is 53.1 Å². The highest BCUT2D eigenvalue weighted by atomic mass is 35.5. The Labute approximate surface area is 252 Å². The third kappa shape index (κ3) is 4.79. The summed E-state index contributed by atoms with van der Waals surface area (Å²) in [7, 11) is 4.01.